The zero-order valence-corrected chi connectivity index (χ0v) is 24.3. The number of amides is 1. The molecule has 1 aromatic heterocycles. The first-order chi connectivity index (χ1) is 19.3. The van der Waals surface area contributed by atoms with Crippen molar-refractivity contribution in [3.63, 3.8) is 0 Å². The Bertz CT molecular complexity index is 1340. The highest BCUT2D eigenvalue weighted by Crippen LogP contribution is 2.36. The predicted octanol–water partition coefficient (Wildman–Crippen LogP) is 3.78. The van der Waals surface area contributed by atoms with Crippen molar-refractivity contribution in [3.8, 4) is 5.75 Å². The summed E-state index contributed by atoms with van der Waals surface area (Å²) in [6.45, 7) is 8.69. The number of ketones is 2. The lowest BCUT2D eigenvalue weighted by Crippen LogP contribution is -2.37. The van der Waals surface area contributed by atoms with Crippen LogP contribution in [0.25, 0.3) is 0 Å². The van der Waals surface area contributed by atoms with Crippen molar-refractivity contribution in [2.24, 2.45) is 0 Å². The van der Waals surface area contributed by atoms with E-state index >= 15 is 0 Å². The van der Waals surface area contributed by atoms with E-state index in [1.54, 1.807) is 29.4 Å². The van der Waals surface area contributed by atoms with Gasteiger partial charge in [0.2, 0.25) is 11.6 Å². The van der Waals surface area contributed by atoms with E-state index in [2.05, 4.69) is 4.98 Å². The molecule has 1 amide bonds. The first-order valence-corrected chi connectivity index (χ1v) is 14.3. The molecule has 13 heteroatoms. The maximum Gasteiger partial charge on any atom is 0.329 e. The summed E-state index contributed by atoms with van der Waals surface area (Å²) < 4.78 is 7.05. The van der Waals surface area contributed by atoms with Crippen LogP contribution in [0.1, 0.15) is 13.3 Å². The van der Waals surface area contributed by atoms with Crippen molar-refractivity contribution in [2.45, 2.75) is 13.3 Å². The fraction of sp³-hybridized carbons (Fsp3) is 0.407. The van der Waals surface area contributed by atoms with E-state index in [0.717, 1.165) is 45.7 Å². The summed E-state index contributed by atoms with van der Waals surface area (Å²) in [4.78, 5) is 48.4. The van der Waals surface area contributed by atoms with E-state index in [1.807, 2.05) is 21.6 Å². The fourth-order valence-electron chi connectivity index (χ4n) is 4.31. The van der Waals surface area contributed by atoms with Crippen LogP contribution in [0.2, 0.25) is 15.1 Å². The Morgan fingerprint density at radius 1 is 0.950 bits per heavy atom. The zero-order chi connectivity index (χ0) is 28.4. The number of hydrogen-bond acceptors (Lipinski definition) is 8. The van der Waals surface area contributed by atoms with E-state index in [1.165, 1.54) is 17.0 Å². The Hall–Kier alpha value is -3.21. The molecule has 0 bridgehead atoms. The molecule has 2 aromatic rings. The number of aromatic nitrogens is 2. The van der Waals surface area contributed by atoms with Gasteiger partial charge in [0.25, 0.3) is 0 Å². The summed E-state index contributed by atoms with van der Waals surface area (Å²) in [7, 11) is 0. The quantitative estimate of drug-likeness (QED) is 0.314. The van der Waals surface area contributed by atoms with E-state index in [4.69, 9.17) is 39.5 Å². The van der Waals surface area contributed by atoms with Gasteiger partial charge in [0, 0.05) is 69.3 Å². The smallest absolute Gasteiger partial charge is 0.329 e. The van der Waals surface area contributed by atoms with E-state index in [-0.39, 0.29) is 24.2 Å². The van der Waals surface area contributed by atoms with Crippen molar-refractivity contribution >= 4 is 52.4 Å². The number of carbonyl (C=O) groups is 3. The third-order valence-electron chi connectivity index (χ3n) is 6.55. The maximum atomic E-state index is 12.4. The zero-order valence-electron chi connectivity index (χ0n) is 22.0. The molecule has 3 fully saturated rings. The molecule has 212 valence electrons. The van der Waals surface area contributed by atoms with E-state index in [9.17, 15) is 14.4 Å². The molecule has 40 heavy (non-hydrogen) atoms. The minimum atomic E-state index is -0.152. The Morgan fingerprint density at radius 3 is 2.12 bits per heavy atom. The molecule has 6 rings (SSSR count). The normalized spacial score (nSPS) is 17.4. The van der Waals surface area contributed by atoms with Crippen molar-refractivity contribution in [2.75, 3.05) is 59.0 Å². The summed E-state index contributed by atoms with van der Waals surface area (Å²) in [5.41, 5.74) is 1.89. The second kappa shape index (κ2) is 12.1. The van der Waals surface area contributed by atoms with Crippen LogP contribution in [0.4, 0.5) is 4.79 Å². The first-order valence-electron chi connectivity index (χ1n) is 13.1. The third kappa shape index (κ3) is 6.56. The molecule has 0 radical (unpaired) electrons. The standard InChI is InChI=1S/C15H16Cl3N3O2.C12H13N3O2/c1-2-4-20(15(22)21-5-3-19-10-21)6-7-23-14-12(17)8-11(16)9-13(14)18;16-9-7-8(13-1-2-13)12(17)11(15-5-6-15)10(9)14-3-4-14/h3,5,8-10H,2,4,6-7H2,1H3;7H,1-6H2. The number of nitrogens with zero attached hydrogens (tertiary/aromatic N) is 6. The van der Waals surface area contributed by atoms with Gasteiger partial charge in [-0.15, -0.1) is 0 Å². The molecule has 10 nitrogen and oxygen atoms in total. The van der Waals surface area contributed by atoms with Gasteiger partial charge in [0.15, 0.2) is 5.75 Å². The number of benzene rings is 1. The van der Waals surface area contributed by atoms with Crippen LogP contribution in [-0.4, -0.2) is 106 Å². The summed E-state index contributed by atoms with van der Waals surface area (Å²) in [5, 5.41) is 1.12. The molecule has 3 aliphatic heterocycles. The van der Waals surface area contributed by atoms with Crippen LogP contribution >= 0.6 is 34.8 Å². The summed E-state index contributed by atoms with van der Waals surface area (Å²) in [6.07, 6.45) is 7.00. The largest absolute Gasteiger partial charge is 0.489 e. The Balaban J connectivity index is 0.000000167. The van der Waals surface area contributed by atoms with Crippen molar-refractivity contribution < 1.29 is 19.1 Å². The number of hydrogen-bond donors (Lipinski definition) is 0. The molecule has 4 aliphatic rings. The van der Waals surface area contributed by atoms with Crippen LogP contribution < -0.4 is 4.74 Å². The van der Waals surface area contributed by atoms with Gasteiger partial charge in [-0.1, -0.05) is 41.7 Å². The summed E-state index contributed by atoms with van der Waals surface area (Å²) in [5.74, 6) is 0.414. The summed E-state index contributed by atoms with van der Waals surface area (Å²) in [6, 6.07) is 2.97. The first kappa shape index (κ1) is 28.3. The molecule has 0 saturated carbocycles. The Kier molecular flexibility index (Phi) is 8.58. The average Bonchev–Trinajstić information content (AvgIpc) is 3.78. The molecule has 1 aromatic carbocycles. The van der Waals surface area contributed by atoms with Gasteiger partial charge in [-0.2, -0.15) is 0 Å². The number of ether oxygens (including phenoxy) is 1. The second-order valence-corrected chi connectivity index (χ2v) is 10.9. The number of Topliss-reactive ketones (excluding diaryl/α,β-unsaturated/α-hetero) is 1. The lowest BCUT2D eigenvalue weighted by Gasteiger charge is -2.22. The summed E-state index contributed by atoms with van der Waals surface area (Å²) >= 11 is 18.0. The van der Waals surface area contributed by atoms with Gasteiger partial charge in [0.1, 0.15) is 24.3 Å². The molecule has 0 atom stereocenters. The van der Waals surface area contributed by atoms with E-state index < -0.39 is 0 Å². The molecule has 1 aliphatic carbocycles. The van der Waals surface area contributed by atoms with E-state index in [0.29, 0.717) is 51.0 Å². The average molecular weight is 608 g/mol. The van der Waals surface area contributed by atoms with Crippen molar-refractivity contribution in [1.29, 1.82) is 0 Å². The Labute approximate surface area is 247 Å². The number of imidazole rings is 1. The molecular formula is C27H29Cl3N6O4. The van der Waals surface area contributed by atoms with Gasteiger partial charge in [-0.25, -0.2) is 9.78 Å². The van der Waals surface area contributed by atoms with Crippen molar-refractivity contribution in [3.05, 3.63) is 69.1 Å². The lowest BCUT2D eigenvalue weighted by molar-refractivity contribution is -0.117. The number of carbonyl (C=O) groups excluding carboxylic acids is 3. The topological polar surface area (TPSA) is 90.5 Å². The van der Waals surface area contributed by atoms with Gasteiger partial charge in [0.05, 0.1) is 22.3 Å². The van der Waals surface area contributed by atoms with Crippen LogP contribution in [0, 0.1) is 0 Å². The number of halogens is 3. The SMILES string of the molecule is CCCN(CCOc1c(Cl)cc(Cl)cc1Cl)C(=O)n1ccnc1.O=C1C=C(N2CC2)C(=O)C(N2CC2)=C1N1CC1. The molecule has 4 heterocycles. The van der Waals surface area contributed by atoms with Gasteiger partial charge >= 0.3 is 6.03 Å². The highest BCUT2D eigenvalue weighted by Gasteiger charge is 2.43. The fourth-order valence-corrected chi connectivity index (χ4v) is 5.24. The predicted molar refractivity (Wildman–Crippen MR) is 152 cm³/mol. The highest BCUT2D eigenvalue weighted by molar-refractivity contribution is 6.40. The van der Waals surface area contributed by atoms with Gasteiger partial charge in [-0.05, 0) is 18.6 Å². The third-order valence-corrected chi connectivity index (χ3v) is 7.33. The number of allylic oxidation sites excluding steroid dienone is 1. The van der Waals surface area contributed by atoms with Crippen LogP contribution in [0.5, 0.6) is 5.75 Å². The lowest BCUT2D eigenvalue weighted by atomic mass is 10.0. The van der Waals surface area contributed by atoms with Crippen LogP contribution in [-0.2, 0) is 9.59 Å². The Morgan fingerprint density at radius 2 is 1.57 bits per heavy atom. The van der Waals surface area contributed by atoms with Gasteiger partial charge < -0.3 is 24.3 Å². The van der Waals surface area contributed by atoms with Gasteiger partial charge in [-0.3, -0.25) is 14.2 Å². The number of rotatable bonds is 9. The van der Waals surface area contributed by atoms with Crippen molar-refractivity contribution in [1.82, 2.24) is 29.2 Å². The molecule has 0 N–H and O–H groups in total. The minimum absolute atomic E-state index is 0.00546. The highest BCUT2D eigenvalue weighted by atomic mass is 35.5. The molecule has 0 spiro atoms. The molecule has 3 saturated heterocycles. The second-order valence-electron chi connectivity index (χ2n) is 9.67. The monoisotopic (exact) mass is 606 g/mol. The van der Waals surface area contributed by atoms with Crippen LogP contribution in [0.3, 0.4) is 0 Å². The van der Waals surface area contributed by atoms with Crippen LogP contribution in [0.15, 0.2) is 54.0 Å². The molecular weight excluding hydrogens is 579 g/mol. The maximum absolute atomic E-state index is 12.4. The minimum Gasteiger partial charge on any atom is -0.489 e. The molecule has 0 unspecified atom stereocenters.